The summed E-state index contributed by atoms with van der Waals surface area (Å²) < 4.78 is 0.327. The van der Waals surface area contributed by atoms with Crippen molar-refractivity contribution in [3.05, 3.63) is 38.3 Å². The number of hydrogen-bond acceptors (Lipinski definition) is 4. The molecule has 1 heterocycles. The maximum Gasteiger partial charge on any atom is 0.308 e. The van der Waals surface area contributed by atoms with E-state index in [0.717, 1.165) is 0 Å². The first kappa shape index (κ1) is 15.4. The van der Waals surface area contributed by atoms with Gasteiger partial charge in [-0.25, -0.2) is 0 Å². The van der Waals surface area contributed by atoms with Crippen molar-refractivity contribution in [2.75, 3.05) is 13.1 Å². The Bertz CT molecular complexity index is 619. The first-order chi connectivity index (χ1) is 9.81. The third kappa shape index (κ3) is 3.05. The van der Waals surface area contributed by atoms with E-state index in [-0.39, 0.29) is 24.1 Å². The Balaban J connectivity index is 2.22. The summed E-state index contributed by atoms with van der Waals surface area (Å²) in [4.78, 5) is 35.1. The monoisotopic (exact) mass is 356 g/mol. The Morgan fingerprint density at radius 1 is 1.43 bits per heavy atom. The number of aliphatic carboxylic acids is 1. The predicted molar refractivity (Wildman–Crippen MR) is 77.0 cm³/mol. The lowest BCUT2D eigenvalue weighted by Crippen LogP contribution is -2.30. The Morgan fingerprint density at radius 2 is 2.10 bits per heavy atom. The van der Waals surface area contributed by atoms with E-state index < -0.39 is 16.8 Å². The van der Waals surface area contributed by atoms with Gasteiger partial charge in [0, 0.05) is 29.7 Å². The maximum absolute atomic E-state index is 12.4. The number of carbonyl (C=O) groups is 2. The van der Waals surface area contributed by atoms with Crippen molar-refractivity contribution >= 4 is 33.5 Å². The van der Waals surface area contributed by atoms with Crippen LogP contribution in [0.5, 0.6) is 0 Å². The van der Waals surface area contributed by atoms with Crippen LogP contribution in [0.3, 0.4) is 0 Å². The lowest BCUT2D eigenvalue weighted by Gasteiger charge is -2.16. The molecule has 1 aliphatic rings. The maximum atomic E-state index is 12.4. The van der Waals surface area contributed by atoms with E-state index in [0.29, 0.717) is 16.6 Å². The molecule has 1 fully saturated rings. The summed E-state index contributed by atoms with van der Waals surface area (Å²) in [6.07, 6.45) is 0. The highest BCUT2D eigenvalue weighted by atomic mass is 79.9. The Labute approximate surface area is 128 Å². The van der Waals surface area contributed by atoms with Gasteiger partial charge in [0.25, 0.3) is 11.6 Å². The molecule has 2 rings (SSSR count). The van der Waals surface area contributed by atoms with Crippen LogP contribution in [-0.2, 0) is 4.79 Å². The second kappa shape index (κ2) is 5.80. The number of likely N-dealkylation sites (tertiary alicyclic amines) is 1. The van der Waals surface area contributed by atoms with E-state index in [4.69, 9.17) is 5.11 Å². The Morgan fingerprint density at radius 3 is 2.57 bits per heavy atom. The number of hydrogen-bond donors (Lipinski definition) is 1. The molecule has 1 amide bonds. The number of non-ortho nitro benzene ring substituents is 1. The fourth-order valence-electron chi connectivity index (χ4n) is 2.42. The van der Waals surface area contributed by atoms with Crippen LogP contribution in [-0.4, -0.2) is 39.9 Å². The quantitative estimate of drug-likeness (QED) is 0.660. The van der Waals surface area contributed by atoms with Gasteiger partial charge in [0.05, 0.1) is 16.4 Å². The molecule has 0 radical (unpaired) electrons. The first-order valence-electron chi connectivity index (χ1n) is 6.27. The van der Waals surface area contributed by atoms with Gasteiger partial charge in [-0.15, -0.1) is 0 Å². The van der Waals surface area contributed by atoms with Crippen LogP contribution in [0.2, 0.25) is 0 Å². The van der Waals surface area contributed by atoms with Crippen molar-refractivity contribution in [3.63, 3.8) is 0 Å². The topological polar surface area (TPSA) is 101 Å². The van der Waals surface area contributed by atoms with Gasteiger partial charge in [-0.1, -0.05) is 6.92 Å². The van der Waals surface area contributed by atoms with Crippen LogP contribution in [0, 0.1) is 22.0 Å². The summed E-state index contributed by atoms with van der Waals surface area (Å²) in [5.41, 5.74) is 0.176. The number of nitrogens with zero attached hydrogens (tertiary/aromatic N) is 2. The summed E-state index contributed by atoms with van der Waals surface area (Å²) in [6.45, 7) is 2.30. The average Bonchev–Trinajstić information content (AvgIpc) is 2.80. The molecule has 0 bridgehead atoms. The molecular formula is C13H13BrN2O5. The van der Waals surface area contributed by atoms with E-state index in [9.17, 15) is 19.7 Å². The second-order valence-electron chi connectivity index (χ2n) is 5.05. The number of benzene rings is 1. The number of nitro benzene ring substituents is 1. The van der Waals surface area contributed by atoms with Crippen LogP contribution in [0.4, 0.5) is 5.69 Å². The number of halogens is 1. The zero-order valence-corrected chi connectivity index (χ0v) is 12.7. The molecule has 0 unspecified atom stereocenters. The molecule has 1 aromatic carbocycles. The molecule has 8 heteroatoms. The van der Waals surface area contributed by atoms with Crippen LogP contribution < -0.4 is 0 Å². The molecule has 7 nitrogen and oxygen atoms in total. The van der Waals surface area contributed by atoms with E-state index >= 15 is 0 Å². The molecule has 1 N–H and O–H groups in total. The highest BCUT2D eigenvalue weighted by molar-refractivity contribution is 9.10. The number of carboxylic acids is 1. The Hall–Kier alpha value is -1.96. The zero-order chi connectivity index (χ0) is 15.7. The van der Waals surface area contributed by atoms with Crippen molar-refractivity contribution in [1.82, 2.24) is 4.90 Å². The number of rotatable bonds is 3. The van der Waals surface area contributed by atoms with Gasteiger partial charge in [-0.2, -0.15) is 0 Å². The van der Waals surface area contributed by atoms with Crippen LogP contribution in [0.25, 0.3) is 0 Å². The number of carboxylic acid groups (broad SMARTS) is 1. The van der Waals surface area contributed by atoms with Crippen LogP contribution in [0.1, 0.15) is 17.3 Å². The third-order valence-electron chi connectivity index (χ3n) is 3.61. The first-order valence-corrected chi connectivity index (χ1v) is 7.06. The fraction of sp³-hybridized carbons (Fsp3) is 0.385. The molecule has 1 aliphatic heterocycles. The highest BCUT2D eigenvalue weighted by Gasteiger charge is 2.37. The van der Waals surface area contributed by atoms with Gasteiger partial charge in [-0.05, 0) is 27.9 Å². The van der Waals surface area contributed by atoms with Crippen molar-refractivity contribution in [2.24, 2.45) is 11.8 Å². The smallest absolute Gasteiger partial charge is 0.308 e. The molecule has 112 valence electrons. The van der Waals surface area contributed by atoms with Gasteiger partial charge in [0.15, 0.2) is 0 Å². The predicted octanol–water partition coefficient (Wildman–Crippen LogP) is 2.15. The van der Waals surface area contributed by atoms with Gasteiger partial charge in [0.1, 0.15) is 0 Å². The molecule has 1 saturated heterocycles. The zero-order valence-electron chi connectivity index (χ0n) is 11.2. The number of carbonyl (C=O) groups excluding carboxylic acids is 1. The molecule has 1 aromatic rings. The minimum absolute atomic E-state index is 0.114. The second-order valence-corrected chi connectivity index (χ2v) is 5.91. The van der Waals surface area contributed by atoms with E-state index in [1.165, 1.54) is 23.1 Å². The molecule has 0 aliphatic carbocycles. The minimum Gasteiger partial charge on any atom is -0.481 e. The summed E-state index contributed by atoms with van der Waals surface area (Å²) >= 11 is 3.15. The number of nitro groups is 1. The van der Waals surface area contributed by atoms with Crippen molar-refractivity contribution in [3.8, 4) is 0 Å². The van der Waals surface area contributed by atoms with Gasteiger partial charge in [-0.3, -0.25) is 19.7 Å². The van der Waals surface area contributed by atoms with Crippen molar-refractivity contribution in [2.45, 2.75) is 6.92 Å². The minimum atomic E-state index is -0.916. The summed E-state index contributed by atoms with van der Waals surface area (Å²) in [7, 11) is 0. The molecule has 21 heavy (non-hydrogen) atoms. The SMILES string of the molecule is C[C@@H]1CN(C(=O)c2ccc([N+](=O)[O-])cc2Br)C[C@H]1C(=O)O. The van der Waals surface area contributed by atoms with Gasteiger partial charge >= 0.3 is 5.97 Å². The number of amides is 1. The van der Waals surface area contributed by atoms with Gasteiger partial charge < -0.3 is 10.0 Å². The normalized spacial score (nSPS) is 21.3. The standard InChI is InChI=1S/C13H13BrN2O5/c1-7-5-15(6-10(7)13(18)19)12(17)9-3-2-8(16(20)21)4-11(9)14/h2-4,7,10H,5-6H2,1H3,(H,18,19)/t7-,10-/m1/s1. The Kier molecular flexibility index (Phi) is 4.26. The summed E-state index contributed by atoms with van der Waals surface area (Å²) in [6, 6.07) is 3.90. The molecule has 0 spiro atoms. The lowest BCUT2D eigenvalue weighted by molar-refractivity contribution is -0.384. The molecule has 2 atom stereocenters. The van der Waals surface area contributed by atoms with Crippen molar-refractivity contribution < 1.29 is 19.6 Å². The van der Waals surface area contributed by atoms with Crippen molar-refractivity contribution in [1.29, 1.82) is 0 Å². The third-order valence-corrected chi connectivity index (χ3v) is 4.27. The van der Waals surface area contributed by atoms with Crippen LogP contribution in [0.15, 0.2) is 22.7 Å². The molecule has 0 saturated carbocycles. The van der Waals surface area contributed by atoms with Gasteiger partial charge in [0.2, 0.25) is 0 Å². The molecular weight excluding hydrogens is 344 g/mol. The molecule has 0 aromatic heterocycles. The summed E-state index contributed by atoms with van der Waals surface area (Å²) in [5, 5.41) is 19.8. The van der Waals surface area contributed by atoms with E-state index in [1.54, 1.807) is 6.92 Å². The largest absolute Gasteiger partial charge is 0.481 e. The summed E-state index contributed by atoms with van der Waals surface area (Å²) in [5.74, 6) is -1.94. The van der Waals surface area contributed by atoms with E-state index in [1.807, 2.05) is 0 Å². The fourth-order valence-corrected chi connectivity index (χ4v) is 2.95. The van der Waals surface area contributed by atoms with Crippen LogP contribution >= 0.6 is 15.9 Å². The van der Waals surface area contributed by atoms with E-state index in [2.05, 4.69) is 15.9 Å². The lowest BCUT2D eigenvalue weighted by atomic mass is 9.99. The highest BCUT2D eigenvalue weighted by Crippen LogP contribution is 2.28. The average molecular weight is 357 g/mol.